The number of thiol groups is 1. The summed E-state index contributed by atoms with van der Waals surface area (Å²) < 4.78 is 28.4. The van der Waals surface area contributed by atoms with Crippen LogP contribution in [0.25, 0.3) is 6.08 Å². The zero-order valence-electron chi connectivity index (χ0n) is 15.9. The number of nitriles is 1. The predicted octanol–water partition coefficient (Wildman–Crippen LogP) is 3.53. The topological polar surface area (TPSA) is 108 Å². The van der Waals surface area contributed by atoms with Crippen molar-refractivity contribution in [2.75, 3.05) is 17.5 Å². The zero-order chi connectivity index (χ0) is 21.8. The molecule has 2 aromatic carbocycles. The molecular formula is C20H21ClN2O5S. The lowest BCUT2D eigenvalue weighted by molar-refractivity contribution is -0.140. The van der Waals surface area contributed by atoms with Crippen molar-refractivity contribution in [3.8, 4) is 11.8 Å². The van der Waals surface area contributed by atoms with Crippen molar-refractivity contribution in [3.05, 3.63) is 64.7 Å². The molecule has 29 heavy (non-hydrogen) atoms. The molecule has 0 atom stereocenters. The van der Waals surface area contributed by atoms with Crippen LogP contribution in [0.15, 0.2) is 48.5 Å². The third kappa shape index (κ3) is 8.68. The van der Waals surface area contributed by atoms with Crippen molar-refractivity contribution in [3.63, 3.8) is 0 Å². The predicted molar refractivity (Wildman–Crippen MR) is 113 cm³/mol. The van der Waals surface area contributed by atoms with Gasteiger partial charge in [-0.3, -0.25) is 9.10 Å². The maximum Gasteiger partial charge on any atom is 0.302 e. The summed E-state index contributed by atoms with van der Waals surface area (Å²) in [5.41, 5.74) is 1.69. The van der Waals surface area contributed by atoms with Gasteiger partial charge in [0.1, 0.15) is 5.75 Å². The fraction of sp³-hybridized carbons (Fsp3) is 0.200. The van der Waals surface area contributed by atoms with E-state index in [4.69, 9.17) is 16.9 Å². The molecule has 7 nitrogen and oxygen atoms in total. The molecule has 0 unspecified atom stereocenters. The molecular weight excluding hydrogens is 416 g/mol. The molecule has 0 fully saturated rings. The number of hydrogen-bond donors (Lipinski definition) is 2. The molecule has 2 rings (SSSR count). The van der Waals surface area contributed by atoms with Crippen LogP contribution in [0.1, 0.15) is 25.0 Å². The van der Waals surface area contributed by atoms with Gasteiger partial charge in [-0.05, 0) is 42.8 Å². The smallest absolute Gasteiger partial charge is 0.302 e. The summed E-state index contributed by atoms with van der Waals surface area (Å²) in [5, 5.41) is 18.3. The van der Waals surface area contributed by atoms with E-state index in [0.29, 0.717) is 17.9 Å². The van der Waals surface area contributed by atoms with Gasteiger partial charge in [-0.2, -0.15) is 5.26 Å². The van der Waals surface area contributed by atoms with Crippen molar-refractivity contribution in [1.82, 2.24) is 0 Å². The SMILES string of the molecule is CCOC(C)=O.N#Cc1cccc(/C=C/CN(c2ccc(O)c(Cl)c2)[SH](=O)=O)c1. The molecule has 0 spiro atoms. The largest absolute Gasteiger partial charge is 0.506 e. The molecule has 0 bridgehead atoms. The van der Waals surface area contributed by atoms with Gasteiger partial charge >= 0.3 is 5.97 Å². The van der Waals surface area contributed by atoms with Crippen LogP contribution in [-0.4, -0.2) is 32.6 Å². The summed E-state index contributed by atoms with van der Waals surface area (Å²) >= 11 is 5.80. The monoisotopic (exact) mass is 436 g/mol. The molecule has 0 saturated heterocycles. The van der Waals surface area contributed by atoms with E-state index in [1.54, 1.807) is 37.3 Å². The van der Waals surface area contributed by atoms with Crippen molar-refractivity contribution in [2.45, 2.75) is 13.8 Å². The number of esters is 1. The quantitative estimate of drug-likeness (QED) is 0.529. The van der Waals surface area contributed by atoms with Crippen LogP contribution in [0.3, 0.4) is 0 Å². The minimum absolute atomic E-state index is 0.0788. The highest BCUT2D eigenvalue weighted by Crippen LogP contribution is 2.28. The van der Waals surface area contributed by atoms with E-state index >= 15 is 0 Å². The lowest BCUT2D eigenvalue weighted by atomic mass is 10.1. The van der Waals surface area contributed by atoms with Crippen molar-refractivity contribution in [2.24, 2.45) is 0 Å². The summed E-state index contributed by atoms with van der Waals surface area (Å²) in [5.74, 6) is -0.321. The second kappa shape index (κ2) is 12.4. The first-order chi connectivity index (χ1) is 13.8. The summed E-state index contributed by atoms with van der Waals surface area (Å²) in [4.78, 5) is 9.82. The van der Waals surface area contributed by atoms with Gasteiger partial charge in [-0.1, -0.05) is 35.9 Å². The lowest BCUT2D eigenvalue weighted by Gasteiger charge is -2.16. The summed E-state index contributed by atoms with van der Waals surface area (Å²) in [6, 6.07) is 13.2. The minimum Gasteiger partial charge on any atom is -0.506 e. The molecule has 0 aliphatic carbocycles. The van der Waals surface area contributed by atoms with E-state index in [9.17, 15) is 18.3 Å². The second-order valence-electron chi connectivity index (χ2n) is 5.52. The second-order valence-corrected chi connectivity index (χ2v) is 6.89. The van der Waals surface area contributed by atoms with E-state index < -0.39 is 10.9 Å². The highest BCUT2D eigenvalue weighted by Gasteiger charge is 2.09. The number of anilines is 1. The Morgan fingerprint density at radius 1 is 1.31 bits per heavy atom. The normalized spacial score (nSPS) is 10.2. The first-order valence-corrected chi connectivity index (χ1v) is 9.99. The molecule has 2 aromatic rings. The Morgan fingerprint density at radius 2 is 2.03 bits per heavy atom. The summed E-state index contributed by atoms with van der Waals surface area (Å²) in [7, 11) is -2.86. The van der Waals surface area contributed by atoms with E-state index in [0.717, 1.165) is 9.87 Å². The molecule has 0 aliphatic rings. The highest BCUT2D eigenvalue weighted by atomic mass is 35.5. The number of rotatable bonds is 6. The number of halogens is 1. The number of phenols is 1. The van der Waals surface area contributed by atoms with E-state index in [1.807, 2.05) is 12.1 Å². The van der Waals surface area contributed by atoms with Gasteiger partial charge in [0, 0.05) is 6.92 Å². The molecule has 154 valence electrons. The van der Waals surface area contributed by atoms with E-state index in [-0.39, 0.29) is 23.3 Å². The maximum absolute atomic E-state index is 11.4. The van der Waals surface area contributed by atoms with Crippen LogP contribution < -0.4 is 4.31 Å². The van der Waals surface area contributed by atoms with Crippen LogP contribution >= 0.6 is 11.6 Å². The van der Waals surface area contributed by atoms with E-state index in [2.05, 4.69) is 4.74 Å². The summed E-state index contributed by atoms with van der Waals surface area (Å²) in [6.07, 6.45) is 3.40. The van der Waals surface area contributed by atoms with Crippen LogP contribution in [0.2, 0.25) is 5.02 Å². The fourth-order valence-electron chi connectivity index (χ4n) is 2.13. The van der Waals surface area contributed by atoms with Crippen molar-refractivity contribution < 1.29 is 23.1 Å². The van der Waals surface area contributed by atoms with Crippen LogP contribution in [0.4, 0.5) is 5.69 Å². The Morgan fingerprint density at radius 3 is 2.55 bits per heavy atom. The standard InChI is InChI=1S/C16H13ClN2O3S.C4H8O2/c17-15-10-14(6-7-16(15)20)19(23(21)22)8-2-5-12-3-1-4-13(9-12)11-18;1-3-6-4(2)5/h1-7,9-10,20,23H,8H2;3H2,1-2H3/b5-2+;. The van der Waals surface area contributed by atoms with Crippen molar-refractivity contribution >= 4 is 40.2 Å². The number of benzene rings is 2. The summed E-state index contributed by atoms with van der Waals surface area (Å²) in [6.45, 7) is 3.76. The Labute approximate surface area is 176 Å². The van der Waals surface area contributed by atoms with Crippen LogP contribution in [-0.2, 0) is 20.4 Å². The highest BCUT2D eigenvalue weighted by molar-refractivity contribution is 7.74. The Balaban J connectivity index is 0.000000612. The average Bonchev–Trinajstić information content (AvgIpc) is 2.68. The van der Waals surface area contributed by atoms with E-state index in [1.165, 1.54) is 25.1 Å². The minimum atomic E-state index is -2.86. The van der Waals surface area contributed by atoms with Crippen molar-refractivity contribution in [1.29, 1.82) is 5.26 Å². The molecule has 0 saturated carbocycles. The average molecular weight is 437 g/mol. The van der Waals surface area contributed by atoms with Gasteiger partial charge in [0.05, 0.1) is 35.5 Å². The van der Waals surface area contributed by atoms with Crippen LogP contribution in [0, 0.1) is 11.3 Å². The lowest BCUT2D eigenvalue weighted by Crippen LogP contribution is -2.20. The Kier molecular flexibility index (Phi) is 10.3. The third-order valence-corrected chi connectivity index (χ3v) is 4.47. The molecule has 9 heteroatoms. The van der Waals surface area contributed by atoms with Gasteiger partial charge in [0.25, 0.3) is 0 Å². The first kappa shape index (κ1) is 24.0. The number of aromatic hydroxyl groups is 1. The van der Waals surface area contributed by atoms with Gasteiger partial charge < -0.3 is 9.84 Å². The maximum atomic E-state index is 11.4. The van der Waals surface area contributed by atoms with Gasteiger partial charge in [0.2, 0.25) is 10.9 Å². The van der Waals surface area contributed by atoms with Crippen LogP contribution in [0.5, 0.6) is 5.75 Å². The number of phenolic OH excluding ortho intramolecular Hbond substituents is 1. The number of ether oxygens (including phenoxy) is 1. The zero-order valence-corrected chi connectivity index (χ0v) is 17.6. The third-order valence-electron chi connectivity index (χ3n) is 3.38. The Bertz CT molecular complexity index is 975. The van der Waals surface area contributed by atoms with Gasteiger partial charge in [-0.15, -0.1) is 0 Å². The molecule has 0 aromatic heterocycles. The molecule has 0 aliphatic heterocycles. The fourth-order valence-corrected chi connectivity index (χ4v) is 2.84. The molecule has 1 N–H and O–H groups in total. The van der Waals surface area contributed by atoms with Gasteiger partial charge in [-0.25, -0.2) is 8.42 Å². The number of nitrogens with zero attached hydrogens (tertiary/aromatic N) is 2. The molecule has 0 radical (unpaired) electrons. The Hall–Kier alpha value is -3.02. The molecule has 0 amide bonds. The first-order valence-electron chi connectivity index (χ1n) is 8.48. The number of carbonyl (C=O) groups is 1. The number of hydrogen-bond acceptors (Lipinski definition) is 6. The number of carbonyl (C=O) groups excluding carboxylic acids is 1. The molecule has 0 heterocycles. The van der Waals surface area contributed by atoms with Gasteiger partial charge in [0.15, 0.2) is 0 Å².